The molecule has 0 heterocycles. The van der Waals surface area contributed by atoms with Crippen LogP contribution in [0.1, 0.15) is 31.2 Å². The van der Waals surface area contributed by atoms with Crippen molar-refractivity contribution in [2.45, 2.75) is 43.5 Å². The normalized spacial score (nSPS) is 17.8. The van der Waals surface area contributed by atoms with Gasteiger partial charge >= 0.3 is 0 Å². The first-order chi connectivity index (χ1) is 8.28. The van der Waals surface area contributed by atoms with Gasteiger partial charge in [-0.15, -0.1) is 11.8 Å². The maximum Gasteiger partial charge on any atom is 0.0307 e. The van der Waals surface area contributed by atoms with Gasteiger partial charge in [-0.05, 0) is 31.4 Å². The van der Waals surface area contributed by atoms with Gasteiger partial charge in [0, 0.05) is 16.7 Å². The fourth-order valence-electron chi connectivity index (χ4n) is 2.22. The summed E-state index contributed by atoms with van der Waals surface area (Å²) in [5, 5.41) is 0. The summed E-state index contributed by atoms with van der Waals surface area (Å²) >= 11 is 1.90. The first-order valence-electron chi connectivity index (χ1n) is 6.43. The molecule has 94 valence electrons. The summed E-state index contributed by atoms with van der Waals surface area (Å²) in [7, 11) is 0. The van der Waals surface area contributed by atoms with Crippen LogP contribution in [0.2, 0.25) is 0 Å². The van der Waals surface area contributed by atoms with Crippen LogP contribution in [0.3, 0.4) is 0 Å². The standard InChI is InChI=1S/C14H22N2S/c1-11-4-2-7-14(8-11)17-10-13(16-15)9-12-5-3-6-12/h2,4,7-8,12-13,16H,3,5-6,9-10,15H2,1H3. The number of nitrogens with two attached hydrogens (primary N) is 1. The van der Waals surface area contributed by atoms with Crippen LogP contribution >= 0.6 is 11.8 Å². The fraction of sp³-hybridized carbons (Fsp3) is 0.571. The predicted octanol–water partition coefficient (Wildman–Crippen LogP) is 3.11. The monoisotopic (exact) mass is 250 g/mol. The van der Waals surface area contributed by atoms with Crippen LogP contribution in [0.25, 0.3) is 0 Å². The molecule has 1 atom stereocenters. The smallest absolute Gasteiger partial charge is 0.0307 e. The van der Waals surface area contributed by atoms with Crippen LogP contribution in [0.5, 0.6) is 0 Å². The number of nitrogens with one attached hydrogen (secondary N) is 1. The van der Waals surface area contributed by atoms with E-state index in [0.717, 1.165) is 11.7 Å². The molecule has 1 aromatic carbocycles. The maximum absolute atomic E-state index is 5.63. The van der Waals surface area contributed by atoms with Gasteiger partial charge in [0.15, 0.2) is 0 Å². The molecule has 1 aliphatic carbocycles. The highest BCUT2D eigenvalue weighted by molar-refractivity contribution is 7.99. The van der Waals surface area contributed by atoms with E-state index < -0.39 is 0 Å². The minimum Gasteiger partial charge on any atom is -0.271 e. The Balaban J connectivity index is 1.78. The van der Waals surface area contributed by atoms with E-state index in [4.69, 9.17) is 5.84 Å². The Morgan fingerprint density at radius 1 is 1.47 bits per heavy atom. The zero-order chi connectivity index (χ0) is 12.1. The van der Waals surface area contributed by atoms with Crippen molar-refractivity contribution >= 4 is 11.8 Å². The lowest BCUT2D eigenvalue weighted by molar-refractivity contribution is 0.268. The molecule has 17 heavy (non-hydrogen) atoms. The van der Waals surface area contributed by atoms with Crippen LogP contribution in [-0.2, 0) is 0 Å². The Bertz CT molecular complexity index is 350. The number of hydrogen-bond donors (Lipinski definition) is 2. The summed E-state index contributed by atoms with van der Waals surface area (Å²) in [6, 6.07) is 9.12. The molecule has 2 rings (SSSR count). The first-order valence-corrected chi connectivity index (χ1v) is 7.42. The SMILES string of the molecule is Cc1cccc(SCC(CC2CCC2)NN)c1. The Kier molecular flexibility index (Phi) is 4.89. The van der Waals surface area contributed by atoms with Crippen molar-refractivity contribution in [1.82, 2.24) is 5.43 Å². The summed E-state index contributed by atoms with van der Waals surface area (Å²) in [6.07, 6.45) is 5.43. The molecular formula is C14H22N2S. The van der Waals surface area contributed by atoms with Crippen molar-refractivity contribution in [3.8, 4) is 0 Å². The Morgan fingerprint density at radius 2 is 2.29 bits per heavy atom. The van der Waals surface area contributed by atoms with Crippen LogP contribution in [-0.4, -0.2) is 11.8 Å². The molecule has 0 aromatic heterocycles. The number of rotatable bonds is 6. The average molecular weight is 250 g/mol. The van der Waals surface area contributed by atoms with Crippen LogP contribution in [0, 0.1) is 12.8 Å². The van der Waals surface area contributed by atoms with Gasteiger partial charge in [-0.3, -0.25) is 11.3 Å². The number of hydrogen-bond acceptors (Lipinski definition) is 3. The number of hydrazine groups is 1. The van der Waals surface area contributed by atoms with Gasteiger partial charge in [0.05, 0.1) is 0 Å². The lowest BCUT2D eigenvalue weighted by Crippen LogP contribution is -2.39. The van der Waals surface area contributed by atoms with E-state index in [2.05, 4.69) is 36.6 Å². The van der Waals surface area contributed by atoms with Gasteiger partial charge in [-0.2, -0.15) is 0 Å². The van der Waals surface area contributed by atoms with Crippen molar-refractivity contribution in [3.05, 3.63) is 29.8 Å². The predicted molar refractivity (Wildman–Crippen MR) is 75.0 cm³/mol. The van der Waals surface area contributed by atoms with E-state index in [-0.39, 0.29) is 0 Å². The summed E-state index contributed by atoms with van der Waals surface area (Å²) < 4.78 is 0. The van der Waals surface area contributed by atoms with Crippen molar-refractivity contribution in [1.29, 1.82) is 0 Å². The third kappa shape index (κ3) is 4.02. The summed E-state index contributed by atoms with van der Waals surface area (Å²) in [6.45, 7) is 2.14. The molecule has 1 unspecified atom stereocenters. The van der Waals surface area contributed by atoms with E-state index in [0.29, 0.717) is 6.04 Å². The van der Waals surface area contributed by atoms with Crippen LogP contribution < -0.4 is 11.3 Å². The molecule has 0 spiro atoms. The molecule has 3 N–H and O–H groups in total. The minimum atomic E-state index is 0.450. The van der Waals surface area contributed by atoms with Gasteiger partial charge in [0.2, 0.25) is 0 Å². The largest absolute Gasteiger partial charge is 0.271 e. The number of aryl methyl sites for hydroxylation is 1. The molecule has 0 radical (unpaired) electrons. The van der Waals surface area contributed by atoms with E-state index in [1.807, 2.05) is 11.8 Å². The third-order valence-electron chi connectivity index (χ3n) is 3.52. The average Bonchev–Trinajstić information content (AvgIpc) is 2.27. The molecular weight excluding hydrogens is 228 g/mol. The van der Waals surface area contributed by atoms with Gasteiger partial charge in [-0.25, -0.2) is 0 Å². The van der Waals surface area contributed by atoms with Gasteiger partial charge in [0.1, 0.15) is 0 Å². The fourth-order valence-corrected chi connectivity index (χ4v) is 3.29. The highest BCUT2D eigenvalue weighted by atomic mass is 32.2. The maximum atomic E-state index is 5.63. The highest BCUT2D eigenvalue weighted by Crippen LogP contribution is 2.31. The summed E-state index contributed by atoms with van der Waals surface area (Å²) in [5.74, 6) is 7.61. The van der Waals surface area contributed by atoms with Crippen molar-refractivity contribution < 1.29 is 0 Å². The quantitative estimate of drug-likeness (QED) is 0.463. The second kappa shape index (κ2) is 6.43. The van der Waals surface area contributed by atoms with Crippen molar-refractivity contribution in [2.75, 3.05) is 5.75 Å². The minimum absolute atomic E-state index is 0.450. The topological polar surface area (TPSA) is 38.0 Å². The first kappa shape index (κ1) is 12.9. The Hall–Kier alpha value is -0.510. The van der Waals surface area contributed by atoms with Gasteiger partial charge in [-0.1, -0.05) is 37.0 Å². The lowest BCUT2D eigenvalue weighted by atomic mass is 9.81. The van der Waals surface area contributed by atoms with Crippen LogP contribution in [0.15, 0.2) is 29.2 Å². The van der Waals surface area contributed by atoms with E-state index in [9.17, 15) is 0 Å². The van der Waals surface area contributed by atoms with Crippen molar-refractivity contribution in [2.24, 2.45) is 11.8 Å². The second-order valence-electron chi connectivity index (χ2n) is 5.02. The van der Waals surface area contributed by atoms with E-state index in [1.165, 1.54) is 36.1 Å². The summed E-state index contributed by atoms with van der Waals surface area (Å²) in [4.78, 5) is 1.35. The molecule has 1 fully saturated rings. The van der Waals surface area contributed by atoms with Gasteiger partial charge < -0.3 is 0 Å². The second-order valence-corrected chi connectivity index (χ2v) is 6.12. The molecule has 1 aliphatic rings. The van der Waals surface area contributed by atoms with Crippen molar-refractivity contribution in [3.63, 3.8) is 0 Å². The zero-order valence-corrected chi connectivity index (χ0v) is 11.3. The molecule has 1 saturated carbocycles. The summed E-state index contributed by atoms with van der Waals surface area (Å²) in [5.41, 5.74) is 4.29. The molecule has 3 heteroatoms. The molecule has 1 aromatic rings. The zero-order valence-electron chi connectivity index (χ0n) is 10.5. The lowest BCUT2D eigenvalue weighted by Gasteiger charge is -2.29. The molecule has 0 amide bonds. The van der Waals surface area contributed by atoms with E-state index >= 15 is 0 Å². The van der Waals surface area contributed by atoms with E-state index in [1.54, 1.807) is 0 Å². The highest BCUT2D eigenvalue weighted by Gasteiger charge is 2.21. The third-order valence-corrected chi connectivity index (χ3v) is 4.68. The van der Waals surface area contributed by atoms with Crippen LogP contribution in [0.4, 0.5) is 0 Å². The molecule has 2 nitrogen and oxygen atoms in total. The molecule has 0 aliphatic heterocycles. The Labute approximate surface area is 108 Å². The Morgan fingerprint density at radius 3 is 2.88 bits per heavy atom. The van der Waals surface area contributed by atoms with Gasteiger partial charge in [0.25, 0.3) is 0 Å². The molecule has 0 bridgehead atoms. The number of benzene rings is 1. The molecule has 0 saturated heterocycles. The number of thioether (sulfide) groups is 1.